The summed E-state index contributed by atoms with van der Waals surface area (Å²) < 4.78 is 0. The van der Waals surface area contributed by atoms with Crippen molar-refractivity contribution in [2.45, 2.75) is 24.1 Å². The molecule has 0 aliphatic rings. The number of hydrogen-bond acceptors (Lipinski definition) is 4. The normalized spacial score (nSPS) is 12.3. The molecule has 5 heteroatoms. The second-order valence-corrected chi connectivity index (χ2v) is 5.90. The van der Waals surface area contributed by atoms with Crippen LogP contribution >= 0.6 is 11.8 Å². The van der Waals surface area contributed by atoms with E-state index in [-0.39, 0.29) is 5.92 Å². The monoisotopic (exact) mass is 286 g/mol. The van der Waals surface area contributed by atoms with Crippen LogP contribution in [0.2, 0.25) is 0 Å². The van der Waals surface area contributed by atoms with E-state index in [1.165, 1.54) is 0 Å². The Labute approximate surface area is 121 Å². The molecular weight excluding hydrogens is 272 g/mol. The van der Waals surface area contributed by atoms with Gasteiger partial charge in [0.1, 0.15) is 16.3 Å². The van der Waals surface area contributed by atoms with Crippen LogP contribution in [-0.2, 0) is 4.79 Å². The molecule has 1 heterocycles. The Morgan fingerprint density at radius 3 is 2.70 bits per heavy atom. The molecule has 1 aromatic carbocycles. The van der Waals surface area contributed by atoms with Gasteiger partial charge in [0, 0.05) is 5.39 Å². The zero-order chi connectivity index (χ0) is 14.7. The average molecular weight is 286 g/mol. The molecule has 1 N–H and O–H groups in total. The van der Waals surface area contributed by atoms with Gasteiger partial charge in [0.15, 0.2) is 0 Å². The van der Waals surface area contributed by atoms with E-state index in [2.05, 4.69) is 11.1 Å². The van der Waals surface area contributed by atoms with Gasteiger partial charge in [-0.15, -0.1) is 0 Å². The minimum absolute atomic E-state index is 0.0442. The fourth-order valence-corrected chi connectivity index (χ4v) is 2.86. The zero-order valence-corrected chi connectivity index (χ0v) is 12.0. The highest BCUT2D eigenvalue weighted by molar-refractivity contribution is 8.00. The van der Waals surface area contributed by atoms with Gasteiger partial charge >= 0.3 is 5.97 Å². The maximum Gasteiger partial charge on any atom is 0.317 e. The number of hydrogen-bond donors (Lipinski definition) is 1. The van der Waals surface area contributed by atoms with Crippen LogP contribution in [0.4, 0.5) is 0 Å². The van der Waals surface area contributed by atoms with Crippen LogP contribution in [0.5, 0.6) is 0 Å². The van der Waals surface area contributed by atoms with Crippen molar-refractivity contribution < 1.29 is 9.90 Å². The van der Waals surface area contributed by atoms with Crippen molar-refractivity contribution in [3.05, 3.63) is 35.9 Å². The van der Waals surface area contributed by atoms with Gasteiger partial charge in [-0.1, -0.05) is 43.8 Å². The number of carboxylic acid groups (broad SMARTS) is 1. The number of rotatable bonds is 4. The van der Waals surface area contributed by atoms with Crippen molar-refractivity contribution in [2.75, 3.05) is 0 Å². The minimum Gasteiger partial charge on any atom is -0.480 e. The highest BCUT2D eigenvalue weighted by Gasteiger charge is 2.24. The quantitative estimate of drug-likeness (QED) is 0.873. The standard InChI is InChI=1S/C15H14N2O2S/c1-9(2)13(15(18)19)20-14-11(8-16)7-10-5-3-4-6-12(10)17-14/h3-7,9,13H,1-2H3,(H,18,19). The first-order valence-corrected chi connectivity index (χ1v) is 7.10. The summed E-state index contributed by atoms with van der Waals surface area (Å²) in [5, 5.41) is 19.2. The van der Waals surface area contributed by atoms with Crippen LogP contribution in [0.25, 0.3) is 10.9 Å². The third-order valence-electron chi connectivity index (χ3n) is 2.90. The van der Waals surface area contributed by atoms with Gasteiger partial charge in [-0.25, -0.2) is 4.98 Å². The maximum absolute atomic E-state index is 11.3. The summed E-state index contributed by atoms with van der Waals surface area (Å²) in [4.78, 5) is 15.7. The summed E-state index contributed by atoms with van der Waals surface area (Å²) in [6.45, 7) is 3.69. The molecule has 0 fully saturated rings. The largest absolute Gasteiger partial charge is 0.480 e. The van der Waals surface area contributed by atoms with Crippen molar-refractivity contribution in [1.29, 1.82) is 5.26 Å². The first-order chi connectivity index (χ1) is 9.52. The van der Waals surface area contributed by atoms with E-state index in [1.54, 1.807) is 6.07 Å². The molecule has 0 spiro atoms. The predicted octanol–water partition coefficient (Wildman–Crippen LogP) is 3.31. The Morgan fingerprint density at radius 1 is 1.40 bits per heavy atom. The molecule has 0 saturated carbocycles. The first kappa shape index (κ1) is 14.4. The van der Waals surface area contributed by atoms with Gasteiger partial charge in [0.05, 0.1) is 11.1 Å². The lowest BCUT2D eigenvalue weighted by molar-refractivity contribution is -0.137. The molecule has 1 unspecified atom stereocenters. The summed E-state index contributed by atoms with van der Waals surface area (Å²) in [6, 6.07) is 11.3. The van der Waals surface area contributed by atoms with Crippen molar-refractivity contribution >= 4 is 28.6 Å². The van der Waals surface area contributed by atoms with E-state index in [0.717, 1.165) is 22.7 Å². The van der Waals surface area contributed by atoms with E-state index in [9.17, 15) is 15.2 Å². The molecule has 4 nitrogen and oxygen atoms in total. The van der Waals surface area contributed by atoms with Crippen molar-refractivity contribution in [2.24, 2.45) is 5.92 Å². The summed E-state index contributed by atoms with van der Waals surface area (Å²) in [7, 11) is 0. The number of pyridine rings is 1. The highest BCUT2D eigenvalue weighted by atomic mass is 32.2. The van der Waals surface area contributed by atoms with Crippen LogP contribution in [0.15, 0.2) is 35.4 Å². The van der Waals surface area contributed by atoms with E-state index < -0.39 is 11.2 Å². The van der Waals surface area contributed by atoms with Gasteiger partial charge in [0.25, 0.3) is 0 Å². The van der Waals surface area contributed by atoms with E-state index in [0.29, 0.717) is 10.6 Å². The number of para-hydroxylation sites is 1. The molecule has 0 aliphatic carbocycles. The lowest BCUT2D eigenvalue weighted by Crippen LogP contribution is -2.22. The molecule has 0 saturated heterocycles. The Hall–Kier alpha value is -2.06. The molecule has 0 radical (unpaired) electrons. The second kappa shape index (κ2) is 5.93. The fourth-order valence-electron chi connectivity index (χ4n) is 1.86. The molecule has 20 heavy (non-hydrogen) atoms. The number of carbonyl (C=O) groups is 1. The van der Waals surface area contributed by atoms with Crippen LogP contribution < -0.4 is 0 Å². The molecule has 102 valence electrons. The molecule has 2 rings (SSSR count). The Kier molecular flexibility index (Phi) is 4.26. The number of thioether (sulfide) groups is 1. The number of carboxylic acids is 1. The smallest absolute Gasteiger partial charge is 0.317 e. The number of aromatic nitrogens is 1. The first-order valence-electron chi connectivity index (χ1n) is 6.22. The molecule has 0 bridgehead atoms. The van der Waals surface area contributed by atoms with Gasteiger partial charge in [0.2, 0.25) is 0 Å². The SMILES string of the molecule is CC(C)C(Sc1nc2ccccc2cc1C#N)C(=O)O. The van der Waals surface area contributed by atoms with Crippen LogP contribution in [-0.4, -0.2) is 21.3 Å². The number of benzene rings is 1. The fraction of sp³-hybridized carbons (Fsp3) is 0.267. The van der Waals surface area contributed by atoms with Gasteiger partial charge < -0.3 is 5.11 Å². The van der Waals surface area contributed by atoms with Crippen molar-refractivity contribution in [3.8, 4) is 6.07 Å². The lowest BCUT2D eigenvalue weighted by atomic mass is 10.1. The van der Waals surface area contributed by atoms with Crippen molar-refractivity contribution in [1.82, 2.24) is 4.98 Å². The molecule has 1 atom stereocenters. The second-order valence-electron chi connectivity index (χ2n) is 4.77. The summed E-state index contributed by atoms with van der Waals surface area (Å²) >= 11 is 1.14. The van der Waals surface area contributed by atoms with Gasteiger partial charge in [-0.2, -0.15) is 5.26 Å². The predicted molar refractivity (Wildman–Crippen MR) is 78.6 cm³/mol. The highest BCUT2D eigenvalue weighted by Crippen LogP contribution is 2.31. The summed E-state index contributed by atoms with van der Waals surface area (Å²) in [5.74, 6) is -0.929. The third kappa shape index (κ3) is 2.91. The minimum atomic E-state index is -0.885. The number of nitrogens with zero attached hydrogens (tertiary/aromatic N) is 2. The number of nitriles is 1. The third-order valence-corrected chi connectivity index (χ3v) is 4.43. The van der Waals surface area contributed by atoms with Crippen LogP contribution in [0, 0.1) is 17.2 Å². The van der Waals surface area contributed by atoms with Crippen LogP contribution in [0.1, 0.15) is 19.4 Å². The van der Waals surface area contributed by atoms with Crippen molar-refractivity contribution in [3.63, 3.8) is 0 Å². The summed E-state index contributed by atoms with van der Waals surface area (Å²) in [6.07, 6.45) is 0. The van der Waals surface area contributed by atoms with E-state index >= 15 is 0 Å². The Morgan fingerprint density at radius 2 is 2.10 bits per heavy atom. The maximum atomic E-state index is 11.3. The zero-order valence-electron chi connectivity index (χ0n) is 11.2. The molecular formula is C15H14N2O2S. The Bertz CT molecular complexity index is 692. The molecule has 2 aromatic rings. The van der Waals surface area contributed by atoms with Gasteiger partial charge in [-0.3, -0.25) is 4.79 Å². The van der Waals surface area contributed by atoms with E-state index in [4.69, 9.17) is 0 Å². The summed E-state index contributed by atoms with van der Waals surface area (Å²) in [5.41, 5.74) is 1.18. The topological polar surface area (TPSA) is 74.0 Å². The molecule has 0 aliphatic heterocycles. The number of aliphatic carboxylic acids is 1. The molecule has 0 amide bonds. The lowest BCUT2D eigenvalue weighted by Gasteiger charge is -2.16. The average Bonchev–Trinajstić information content (AvgIpc) is 2.42. The van der Waals surface area contributed by atoms with Gasteiger partial charge in [-0.05, 0) is 18.1 Å². The Balaban J connectivity index is 2.47. The van der Waals surface area contributed by atoms with E-state index in [1.807, 2.05) is 38.1 Å². The molecule has 1 aromatic heterocycles. The number of fused-ring (bicyclic) bond motifs is 1. The van der Waals surface area contributed by atoms with Crippen LogP contribution in [0.3, 0.4) is 0 Å².